The van der Waals surface area contributed by atoms with Gasteiger partial charge in [-0.25, -0.2) is 0 Å². The molecule has 0 aromatic heterocycles. The molecule has 0 saturated carbocycles. The Balaban J connectivity index is 3.50. The molecule has 0 fully saturated rings. The van der Waals surface area contributed by atoms with E-state index in [0.717, 1.165) is 6.07 Å². The summed E-state index contributed by atoms with van der Waals surface area (Å²) >= 11 is 0. The summed E-state index contributed by atoms with van der Waals surface area (Å²) < 4.78 is 45.8. The molecule has 0 unspecified atom stereocenters. The van der Waals surface area contributed by atoms with E-state index in [2.05, 4.69) is 0 Å². The highest BCUT2D eigenvalue weighted by Crippen LogP contribution is 2.36. The SMILES string of the molecule is COc1cc(OC)c(S(=O)(=O)O)cc1OC. The summed E-state index contributed by atoms with van der Waals surface area (Å²) in [5, 5.41) is 0. The fraction of sp³-hybridized carbons (Fsp3) is 0.333. The third kappa shape index (κ3) is 2.37. The molecule has 0 amide bonds. The largest absolute Gasteiger partial charge is 0.495 e. The second kappa shape index (κ2) is 4.58. The topological polar surface area (TPSA) is 82.1 Å². The third-order valence-corrected chi connectivity index (χ3v) is 2.82. The quantitative estimate of drug-likeness (QED) is 0.799. The van der Waals surface area contributed by atoms with Crippen molar-refractivity contribution in [3.8, 4) is 17.2 Å². The van der Waals surface area contributed by atoms with Crippen LogP contribution in [0.3, 0.4) is 0 Å². The van der Waals surface area contributed by atoms with Crippen LogP contribution in [-0.2, 0) is 10.1 Å². The number of benzene rings is 1. The third-order valence-electron chi connectivity index (χ3n) is 1.95. The summed E-state index contributed by atoms with van der Waals surface area (Å²) in [5.74, 6) is 0.489. The lowest BCUT2D eigenvalue weighted by Gasteiger charge is -2.12. The minimum atomic E-state index is -4.36. The van der Waals surface area contributed by atoms with Gasteiger partial charge in [0.1, 0.15) is 10.6 Å². The van der Waals surface area contributed by atoms with Crippen LogP contribution >= 0.6 is 0 Å². The van der Waals surface area contributed by atoms with E-state index >= 15 is 0 Å². The monoisotopic (exact) mass is 248 g/mol. The lowest BCUT2D eigenvalue weighted by molar-refractivity contribution is 0.344. The van der Waals surface area contributed by atoms with Crippen molar-refractivity contribution in [2.24, 2.45) is 0 Å². The number of hydrogen-bond donors (Lipinski definition) is 1. The summed E-state index contributed by atoms with van der Waals surface area (Å²) in [4.78, 5) is -0.368. The zero-order valence-electron chi connectivity index (χ0n) is 9.05. The average molecular weight is 248 g/mol. The zero-order chi connectivity index (χ0) is 12.3. The van der Waals surface area contributed by atoms with Crippen LogP contribution in [0.2, 0.25) is 0 Å². The van der Waals surface area contributed by atoms with E-state index in [1.54, 1.807) is 0 Å². The zero-order valence-corrected chi connectivity index (χ0v) is 9.87. The Labute approximate surface area is 93.5 Å². The summed E-state index contributed by atoms with van der Waals surface area (Å²) in [7, 11) is -0.310. The molecule has 1 aromatic carbocycles. The van der Waals surface area contributed by atoms with Crippen molar-refractivity contribution in [2.45, 2.75) is 4.90 Å². The Morgan fingerprint density at radius 1 is 0.938 bits per heavy atom. The van der Waals surface area contributed by atoms with Gasteiger partial charge in [0.15, 0.2) is 11.5 Å². The maximum absolute atomic E-state index is 11.1. The molecule has 0 aliphatic heterocycles. The van der Waals surface area contributed by atoms with Gasteiger partial charge >= 0.3 is 0 Å². The Morgan fingerprint density at radius 3 is 1.75 bits per heavy atom. The predicted octanol–water partition coefficient (Wildman–Crippen LogP) is 0.959. The minimum Gasteiger partial charge on any atom is -0.495 e. The maximum Gasteiger partial charge on any atom is 0.298 e. The van der Waals surface area contributed by atoms with Gasteiger partial charge in [0, 0.05) is 12.1 Å². The molecule has 16 heavy (non-hydrogen) atoms. The van der Waals surface area contributed by atoms with Gasteiger partial charge in [-0.2, -0.15) is 8.42 Å². The summed E-state index contributed by atoms with van der Waals surface area (Å²) in [5.41, 5.74) is 0. The highest BCUT2D eigenvalue weighted by molar-refractivity contribution is 7.86. The van der Waals surface area contributed by atoms with Crippen LogP contribution in [0, 0.1) is 0 Å². The molecule has 0 saturated heterocycles. The van der Waals surface area contributed by atoms with E-state index in [0.29, 0.717) is 5.75 Å². The number of methoxy groups -OCH3 is 3. The van der Waals surface area contributed by atoms with E-state index in [1.165, 1.54) is 27.4 Å². The van der Waals surface area contributed by atoms with E-state index in [9.17, 15) is 8.42 Å². The van der Waals surface area contributed by atoms with Crippen LogP contribution in [0.1, 0.15) is 0 Å². The highest BCUT2D eigenvalue weighted by Gasteiger charge is 2.20. The van der Waals surface area contributed by atoms with Gasteiger partial charge in [-0.1, -0.05) is 0 Å². The molecule has 0 heterocycles. The van der Waals surface area contributed by atoms with Crippen LogP contribution in [0.5, 0.6) is 17.2 Å². The van der Waals surface area contributed by atoms with Gasteiger partial charge in [-0.3, -0.25) is 4.55 Å². The molecule has 1 N–H and O–H groups in total. The second-order valence-corrected chi connectivity index (χ2v) is 4.22. The van der Waals surface area contributed by atoms with Crippen molar-refractivity contribution in [3.05, 3.63) is 12.1 Å². The Bertz CT molecular complexity index is 479. The smallest absolute Gasteiger partial charge is 0.298 e. The summed E-state index contributed by atoms with van der Waals surface area (Å²) in [6, 6.07) is 2.45. The number of rotatable bonds is 4. The molecular weight excluding hydrogens is 236 g/mol. The van der Waals surface area contributed by atoms with Crippen molar-refractivity contribution in [2.75, 3.05) is 21.3 Å². The fourth-order valence-corrected chi connectivity index (χ4v) is 1.86. The standard InChI is InChI=1S/C9H12O6S/c1-13-6-4-8(15-3)9(16(10,11)12)5-7(6)14-2/h4-5H,1-3H3,(H,10,11,12). The lowest BCUT2D eigenvalue weighted by Crippen LogP contribution is -2.03. The van der Waals surface area contributed by atoms with Crippen LogP contribution in [0.4, 0.5) is 0 Å². The molecule has 7 heteroatoms. The van der Waals surface area contributed by atoms with Gasteiger partial charge in [0.05, 0.1) is 21.3 Å². The summed E-state index contributed by atoms with van der Waals surface area (Å²) in [6.07, 6.45) is 0. The average Bonchev–Trinajstić information content (AvgIpc) is 2.25. The van der Waals surface area contributed by atoms with Gasteiger partial charge in [-0.15, -0.1) is 0 Å². The molecule has 90 valence electrons. The van der Waals surface area contributed by atoms with E-state index in [1.807, 2.05) is 0 Å². The molecule has 0 spiro atoms. The normalized spacial score (nSPS) is 11.0. The fourth-order valence-electron chi connectivity index (χ4n) is 1.20. The van der Waals surface area contributed by atoms with E-state index in [-0.39, 0.29) is 16.4 Å². The predicted molar refractivity (Wildman–Crippen MR) is 55.9 cm³/mol. The molecule has 0 aliphatic rings. The van der Waals surface area contributed by atoms with Gasteiger partial charge < -0.3 is 14.2 Å². The Morgan fingerprint density at radius 2 is 1.38 bits per heavy atom. The number of hydrogen-bond acceptors (Lipinski definition) is 5. The van der Waals surface area contributed by atoms with Crippen molar-refractivity contribution in [1.29, 1.82) is 0 Å². The first-order valence-electron chi connectivity index (χ1n) is 4.21. The molecule has 0 aliphatic carbocycles. The first-order chi connectivity index (χ1) is 7.43. The van der Waals surface area contributed by atoms with Crippen molar-refractivity contribution in [3.63, 3.8) is 0 Å². The molecule has 1 aromatic rings. The van der Waals surface area contributed by atoms with Gasteiger partial charge in [-0.05, 0) is 0 Å². The first kappa shape index (κ1) is 12.6. The van der Waals surface area contributed by atoms with Crippen molar-refractivity contribution < 1.29 is 27.2 Å². The molecule has 6 nitrogen and oxygen atoms in total. The van der Waals surface area contributed by atoms with Gasteiger partial charge in [0.25, 0.3) is 10.1 Å². The molecule has 0 radical (unpaired) electrons. The van der Waals surface area contributed by atoms with Crippen molar-refractivity contribution >= 4 is 10.1 Å². The lowest BCUT2D eigenvalue weighted by atomic mass is 10.3. The van der Waals surface area contributed by atoms with Crippen LogP contribution in [-0.4, -0.2) is 34.3 Å². The minimum absolute atomic E-state index is 0.0137. The highest BCUT2D eigenvalue weighted by atomic mass is 32.2. The van der Waals surface area contributed by atoms with Gasteiger partial charge in [0.2, 0.25) is 0 Å². The number of ether oxygens (including phenoxy) is 3. The summed E-state index contributed by atoms with van der Waals surface area (Å²) in [6.45, 7) is 0. The first-order valence-corrected chi connectivity index (χ1v) is 5.65. The molecule has 0 bridgehead atoms. The molecule has 0 atom stereocenters. The van der Waals surface area contributed by atoms with Crippen LogP contribution < -0.4 is 14.2 Å². The molecular formula is C9H12O6S. The second-order valence-electron chi connectivity index (χ2n) is 2.83. The van der Waals surface area contributed by atoms with E-state index < -0.39 is 10.1 Å². The van der Waals surface area contributed by atoms with Crippen molar-refractivity contribution in [1.82, 2.24) is 0 Å². The van der Waals surface area contributed by atoms with Crippen LogP contribution in [0.25, 0.3) is 0 Å². The molecule has 1 rings (SSSR count). The maximum atomic E-state index is 11.1. The Hall–Kier alpha value is -1.47. The van der Waals surface area contributed by atoms with Crippen LogP contribution in [0.15, 0.2) is 17.0 Å². The van der Waals surface area contributed by atoms with E-state index in [4.69, 9.17) is 18.8 Å². The Kier molecular flexibility index (Phi) is 3.61.